The van der Waals surface area contributed by atoms with Crippen LogP contribution in [0.1, 0.15) is 29.3 Å². The molecule has 1 aromatic rings. The quantitative estimate of drug-likeness (QED) is 0.638. The van der Waals surface area contributed by atoms with Crippen molar-refractivity contribution in [1.29, 1.82) is 0 Å². The van der Waals surface area contributed by atoms with E-state index < -0.39 is 17.6 Å². The molecule has 3 rings (SSSR count). The molecule has 0 aliphatic carbocycles. The Bertz CT molecular complexity index is 624. The van der Waals surface area contributed by atoms with Gasteiger partial charge in [-0.2, -0.15) is 0 Å². The number of benzene rings is 1. The van der Waals surface area contributed by atoms with Gasteiger partial charge in [0, 0.05) is 11.6 Å². The van der Waals surface area contributed by atoms with E-state index >= 15 is 0 Å². The van der Waals surface area contributed by atoms with E-state index in [2.05, 4.69) is 5.32 Å². The van der Waals surface area contributed by atoms with Crippen LogP contribution >= 0.6 is 0 Å². The first-order chi connectivity index (χ1) is 9.51. The zero-order chi connectivity index (χ0) is 14.5. The monoisotopic (exact) mass is 277 g/mol. The summed E-state index contributed by atoms with van der Waals surface area (Å²) in [7, 11) is 0. The minimum atomic E-state index is -1.63. The number of hydrogen-bond acceptors (Lipinski definition) is 6. The molecule has 6 nitrogen and oxygen atoms in total. The van der Waals surface area contributed by atoms with Crippen molar-refractivity contribution in [3.8, 4) is 17.2 Å². The van der Waals surface area contributed by atoms with Crippen LogP contribution in [0.15, 0.2) is 18.3 Å². The predicted molar refractivity (Wildman–Crippen MR) is 69.7 cm³/mol. The minimum absolute atomic E-state index is 0.00139. The summed E-state index contributed by atoms with van der Waals surface area (Å²) in [6, 6.07) is 1.30. The highest BCUT2D eigenvalue weighted by Gasteiger charge is 2.56. The Morgan fingerprint density at radius 2 is 2.20 bits per heavy atom. The molecule has 4 N–H and O–H groups in total. The second-order valence-electron chi connectivity index (χ2n) is 4.96. The molecule has 0 amide bonds. The molecule has 20 heavy (non-hydrogen) atoms. The van der Waals surface area contributed by atoms with E-state index in [1.165, 1.54) is 18.3 Å². The molecular weight excluding hydrogens is 262 g/mol. The molecule has 2 unspecified atom stereocenters. The van der Waals surface area contributed by atoms with Gasteiger partial charge in [0.2, 0.25) is 5.78 Å². The standard InChI is InChI=1S/C14H15NO5/c1-2-3-7-8(16)6-9-11(12(7)18)13(19)14(20-9)10(17)4-5-15-14/h4-6,10,15-18H,2-3H2,1H3. The Morgan fingerprint density at radius 1 is 1.45 bits per heavy atom. The molecule has 0 radical (unpaired) electrons. The number of ketones is 1. The zero-order valence-electron chi connectivity index (χ0n) is 10.9. The molecule has 1 aromatic carbocycles. The van der Waals surface area contributed by atoms with Gasteiger partial charge in [0.15, 0.2) is 0 Å². The predicted octanol–water partition coefficient (Wildman–Crippen LogP) is 0.799. The summed E-state index contributed by atoms with van der Waals surface area (Å²) in [6.45, 7) is 1.90. The van der Waals surface area contributed by atoms with Gasteiger partial charge in [-0.3, -0.25) is 4.79 Å². The lowest BCUT2D eigenvalue weighted by Crippen LogP contribution is -2.56. The Kier molecular flexibility index (Phi) is 2.65. The van der Waals surface area contributed by atoms with Gasteiger partial charge in [0.25, 0.3) is 5.72 Å². The number of rotatable bonds is 2. The number of carbonyl (C=O) groups excluding carboxylic acids is 1. The van der Waals surface area contributed by atoms with Crippen molar-refractivity contribution < 1.29 is 24.9 Å². The van der Waals surface area contributed by atoms with Crippen molar-refractivity contribution in [1.82, 2.24) is 5.32 Å². The highest BCUT2D eigenvalue weighted by Crippen LogP contribution is 2.46. The molecule has 0 saturated carbocycles. The fraction of sp³-hybridized carbons (Fsp3) is 0.357. The van der Waals surface area contributed by atoms with E-state index in [4.69, 9.17) is 4.74 Å². The van der Waals surface area contributed by atoms with Gasteiger partial charge in [-0.05, 0) is 18.7 Å². The van der Waals surface area contributed by atoms with Crippen LogP contribution in [-0.4, -0.2) is 32.9 Å². The lowest BCUT2D eigenvalue weighted by Gasteiger charge is -2.25. The highest BCUT2D eigenvalue weighted by atomic mass is 16.5. The average molecular weight is 277 g/mol. The summed E-state index contributed by atoms with van der Waals surface area (Å²) in [5, 5.41) is 32.7. The summed E-state index contributed by atoms with van der Waals surface area (Å²) in [6.07, 6.45) is 2.83. The van der Waals surface area contributed by atoms with E-state index in [1.807, 2.05) is 6.92 Å². The third-order valence-corrected chi connectivity index (χ3v) is 3.67. The minimum Gasteiger partial charge on any atom is -0.507 e. The van der Waals surface area contributed by atoms with Crippen molar-refractivity contribution in [2.24, 2.45) is 0 Å². The molecule has 0 bridgehead atoms. The maximum atomic E-state index is 12.5. The van der Waals surface area contributed by atoms with Gasteiger partial charge in [-0.1, -0.05) is 13.3 Å². The van der Waals surface area contributed by atoms with E-state index in [9.17, 15) is 20.1 Å². The van der Waals surface area contributed by atoms with Crippen molar-refractivity contribution in [3.05, 3.63) is 29.5 Å². The van der Waals surface area contributed by atoms with Gasteiger partial charge in [0.1, 0.15) is 28.9 Å². The first kappa shape index (κ1) is 12.8. The third kappa shape index (κ3) is 1.45. The Labute approximate surface area is 115 Å². The van der Waals surface area contributed by atoms with Crippen LogP contribution in [-0.2, 0) is 6.42 Å². The van der Waals surface area contributed by atoms with Crippen LogP contribution < -0.4 is 10.1 Å². The Balaban J connectivity index is 2.13. The average Bonchev–Trinajstić information content (AvgIpc) is 2.89. The Hall–Kier alpha value is -2.21. The van der Waals surface area contributed by atoms with Gasteiger partial charge in [-0.25, -0.2) is 0 Å². The van der Waals surface area contributed by atoms with E-state index in [1.54, 1.807) is 0 Å². The molecule has 0 aromatic heterocycles. The maximum Gasteiger partial charge on any atom is 0.274 e. The van der Waals surface area contributed by atoms with Crippen molar-refractivity contribution >= 4 is 5.78 Å². The molecule has 0 fully saturated rings. The fourth-order valence-electron chi connectivity index (χ4n) is 2.65. The second-order valence-corrected chi connectivity index (χ2v) is 4.96. The first-order valence-electron chi connectivity index (χ1n) is 6.45. The van der Waals surface area contributed by atoms with Crippen LogP contribution in [0.2, 0.25) is 0 Å². The van der Waals surface area contributed by atoms with Crippen LogP contribution in [0, 0.1) is 0 Å². The number of nitrogens with one attached hydrogen (secondary N) is 1. The van der Waals surface area contributed by atoms with Crippen LogP contribution in [0.4, 0.5) is 0 Å². The SMILES string of the molecule is CCCc1c(O)cc2c(c1O)C(=O)C1(NC=CC1O)O2. The van der Waals surface area contributed by atoms with E-state index in [0.717, 1.165) is 0 Å². The van der Waals surface area contributed by atoms with Crippen LogP contribution in [0.5, 0.6) is 17.2 Å². The van der Waals surface area contributed by atoms with Gasteiger partial charge in [-0.15, -0.1) is 0 Å². The number of aromatic hydroxyl groups is 2. The molecule has 6 heteroatoms. The van der Waals surface area contributed by atoms with E-state index in [0.29, 0.717) is 18.4 Å². The molecule has 2 aliphatic rings. The first-order valence-corrected chi connectivity index (χ1v) is 6.45. The normalized spacial score (nSPS) is 26.7. The van der Waals surface area contributed by atoms with Gasteiger partial charge in [0.05, 0.1) is 0 Å². The van der Waals surface area contributed by atoms with Crippen molar-refractivity contribution in [3.63, 3.8) is 0 Å². The largest absolute Gasteiger partial charge is 0.507 e. The number of aliphatic hydroxyl groups is 1. The molecule has 106 valence electrons. The lowest BCUT2D eigenvalue weighted by molar-refractivity contribution is -0.00679. The topological polar surface area (TPSA) is 99.0 Å². The number of phenolic OH excluding ortho intramolecular Hbond substituents is 2. The molecule has 0 saturated heterocycles. The summed E-state index contributed by atoms with van der Waals surface area (Å²) >= 11 is 0. The van der Waals surface area contributed by atoms with Crippen LogP contribution in [0.25, 0.3) is 0 Å². The van der Waals surface area contributed by atoms with Crippen molar-refractivity contribution in [2.45, 2.75) is 31.6 Å². The summed E-state index contributed by atoms with van der Waals surface area (Å²) in [4.78, 5) is 12.5. The van der Waals surface area contributed by atoms with Crippen LogP contribution in [0.3, 0.4) is 0 Å². The number of aliphatic hydroxyl groups excluding tert-OH is 1. The second kappa shape index (κ2) is 4.14. The lowest BCUT2D eigenvalue weighted by atomic mass is 9.96. The molecule has 2 heterocycles. The molecule has 2 aliphatic heterocycles. The maximum absolute atomic E-state index is 12.5. The van der Waals surface area contributed by atoms with Crippen molar-refractivity contribution in [2.75, 3.05) is 0 Å². The van der Waals surface area contributed by atoms with E-state index in [-0.39, 0.29) is 22.8 Å². The number of phenols is 2. The third-order valence-electron chi connectivity index (χ3n) is 3.67. The summed E-state index contributed by atoms with van der Waals surface area (Å²) < 4.78 is 5.48. The highest BCUT2D eigenvalue weighted by molar-refractivity contribution is 6.10. The number of carbonyl (C=O) groups is 1. The summed E-state index contributed by atoms with van der Waals surface area (Å²) in [5.74, 6) is -0.863. The number of fused-ring (bicyclic) bond motifs is 1. The zero-order valence-corrected chi connectivity index (χ0v) is 10.9. The Morgan fingerprint density at radius 3 is 2.80 bits per heavy atom. The molecule has 1 spiro atoms. The number of ether oxygens (including phenoxy) is 1. The van der Waals surface area contributed by atoms with Gasteiger partial charge >= 0.3 is 0 Å². The molecular formula is C14H15NO5. The fourth-order valence-corrected chi connectivity index (χ4v) is 2.65. The smallest absolute Gasteiger partial charge is 0.274 e. The number of hydrogen-bond donors (Lipinski definition) is 4. The summed E-state index contributed by atoms with van der Waals surface area (Å²) in [5.41, 5.74) is -1.31. The molecule has 2 atom stereocenters. The van der Waals surface area contributed by atoms with Gasteiger partial charge < -0.3 is 25.4 Å². The number of Topliss-reactive ketones (excluding diaryl/α,β-unsaturated/α-hetero) is 1.